The van der Waals surface area contributed by atoms with Crippen LogP contribution in [-0.4, -0.2) is 28.4 Å². The number of fused-ring (bicyclic) bond motifs is 1. The second-order valence-electron chi connectivity index (χ2n) is 5.44. The van der Waals surface area contributed by atoms with E-state index in [1.807, 2.05) is 24.3 Å². The van der Waals surface area contributed by atoms with Crippen molar-refractivity contribution in [3.05, 3.63) is 65.9 Å². The van der Waals surface area contributed by atoms with Crippen LogP contribution in [0.25, 0.3) is 10.9 Å². The van der Waals surface area contributed by atoms with Gasteiger partial charge in [-0.3, -0.25) is 14.6 Å². The van der Waals surface area contributed by atoms with E-state index in [0.29, 0.717) is 17.8 Å². The average molecular weight is 357 g/mol. The quantitative estimate of drug-likeness (QED) is 0.669. The number of benzene rings is 2. The Morgan fingerprint density at radius 1 is 1.08 bits per heavy atom. The molecule has 132 valence electrons. The number of hydrogen-bond donors (Lipinski definition) is 3. The summed E-state index contributed by atoms with van der Waals surface area (Å²) in [7, 11) is 0. The zero-order chi connectivity index (χ0) is 18.7. The molecule has 0 saturated carbocycles. The minimum Gasteiger partial charge on any atom is -0.503 e. The van der Waals surface area contributed by atoms with Crippen molar-refractivity contribution in [1.29, 1.82) is 0 Å². The number of phenolic OH excluding ortho intramolecular Hbond substituents is 1. The predicted molar refractivity (Wildman–Crippen MR) is 90.7 cm³/mol. The molecule has 0 aliphatic carbocycles. The molecule has 0 unspecified atom stereocenters. The molecule has 2 aromatic carbocycles. The van der Waals surface area contributed by atoms with E-state index in [9.17, 15) is 18.4 Å². The number of rotatable bonds is 4. The number of carbonyl (C=O) groups is 2. The molecule has 0 spiro atoms. The molecule has 0 aliphatic rings. The highest BCUT2D eigenvalue weighted by Gasteiger charge is 2.15. The summed E-state index contributed by atoms with van der Waals surface area (Å²) in [6, 6.07) is 10.4. The SMILES string of the molecule is O=C(CNC(=O)c1cc(F)c(O)c(F)c1)Nc1cnc2ccccc2c1. The van der Waals surface area contributed by atoms with E-state index >= 15 is 0 Å². The summed E-state index contributed by atoms with van der Waals surface area (Å²) >= 11 is 0. The second kappa shape index (κ2) is 7.14. The van der Waals surface area contributed by atoms with Gasteiger partial charge in [0.05, 0.1) is 23.9 Å². The maximum absolute atomic E-state index is 13.3. The molecule has 0 bridgehead atoms. The standard InChI is InChI=1S/C18H13F2N3O3/c19-13-6-11(7-14(20)17(13)25)18(26)22-9-16(24)23-12-5-10-3-1-2-4-15(10)21-8-12/h1-8,25H,9H2,(H,22,26)(H,23,24). The minimum atomic E-state index is -1.26. The minimum absolute atomic E-state index is 0.349. The van der Waals surface area contributed by atoms with Crippen LogP contribution in [0.4, 0.5) is 14.5 Å². The lowest BCUT2D eigenvalue weighted by Crippen LogP contribution is -2.33. The van der Waals surface area contributed by atoms with E-state index in [4.69, 9.17) is 5.11 Å². The molecular weight excluding hydrogens is 344 g/mol. The van der Waals surface area contributed by atoms with E-state index in [2.05, 4.69) is 15.6 Å². The summed E-state index contributed by atoms with van der Waals surface area (Å²) in [5.41, 5.74) is 0.873. The number of hydrogen-bond acceptors (Lipinski definition) is 4. The third-order valence-electron chi connectivity index (χ3n) is 3.56. The number of phenols is 1. The summed E-state index contributed by atoms with van der Waals surface area (Å²) in [6.45, 7) is -0.407. The van der Waals surface area contributed by atoms with Crippen molar-refractivity contribution in [3.63, 3.8) is 0 Å². The monoisotopic (exact) mass is 357 g/mol. The third kappa shape index (κ3) is 3.75. The highest BCUT2D eigenvalue weighted by molar-refractivity contribution is 6.00. The van der Waals surface area contributed by atoms with Gasteiger partial charge in [0.2, 0.25) is 5.91 Å². The van der Waals surface area contributed by atoms with Crippen LogP contribution in [-0.2, 0) is 4.79 Å². The molecule has 1 aromatic heterocycles. The van der Waals surface area contributed by atoms with Crippen molar-refractivity contribution in [2.24, 2.45) is 0 Å². The lowest BCUT2D eigenvalue weighted by Gasteiger charge is -2.08. The largest absolute Gasteiger partial charge is 0.503 e. The smallest absolute Gasteiger partial charge is 0.251 e. The van der Waals surface area contributed by atoms with Crippen molar-refractivity contribution in [3.8, 4) is 5.75 Å². The normalized spacial score (nSPS) is 10.5. The highest BCUT2D eigenvalue weighted by Crippen LogP contribution is 2.21. The lowest BCUT2D eigenvalue weighted by atomic mass is 10.2. The van der Waals surface area contributed by atoms with E-state index in [1.54, 1.807) is 6.07 Å². The first-order chi connectivity index (χ1) is 12.4. The van der Waals surface area contributed by atoms with Crippen LogP contribution in [0.3, 0.4) is 0 Å². The fraction of sp³-hybridized carbons (Fsp3) is 0.0556. The fourth-order valence-electron chi connectivity index (χ4n) is 2.30. The van der Waals surface area contributed by atoms with E-state index in [0.717, 1.165) is 10.9 Å². The lowest BCUT2D eigenvalue weighted by molar-refractivity contribution is -0.115. The highest BCUT2D eigenvalue weighted by atomic mass is 19.1. The van der Waals surface area contributed by atoms with Crippen LogP contribution >= 0.6 is 0 Å². The third-order valence-corrected chi connectivity index (χ3v) is 3.56. The molecule has 0 radical (unpaired) electrons. The van der Waals surface area contributed by atoms with Gasteiger partial charge in [-0.1, -0.05) is 18.2 Å². The molecule has 3 rings (SSSR count). The Hall–Kier alpha value is -3.55. The molecule has 2 amide bonds. The predicted octanol–water partition coefficient (Wildman–Crippen LogP) is 2.59. The number of carbonyl (C=O) groups excluding carboxylic acids is 2. The van der Waals surface area contributed by atoms with Gasteiger partial charge in [-0.05, 0) is 24.3 Å². The molecule has 8 heteroatoms. The first-order valence-electron chi connectivity index (χ1n) is 7.55. The number of pyridine rings is 1. The molecule has 26 heavy (non-hydrogen) atoms. The van der Waals surface area contributed by atoms with Crippen LogP contribution in [0, 0.1) is 11.6 Å². The summed E-state index contributed by atoms with van der Waals surface area (Å²) < 4.78 is 26.5. The van der Waals surface area contributed by atoms with Crippen molar-refractivity contribution in [1.82, 2.24) is 10.3 Å². The Bertz CT molecular complexity index is 985. The summed E-state index contributed by atoms with van der Waals surface area (Å²) in [4.78, 5) is 28.0. The second-order valence-corrected chi connectivity index (χ2v) is 5.44. The Morgan fingerprint density at radius 2 is 1.77 bits per heavy atom. The van der Waals surface area contributed by atoms with Gasteiger partial charge in [0.25, 0.3) is 5.91 Å². The van der Waals surface area contributed by atoms with Crippen LogP contribution in [0.2, 0.25) is 0 Å². The van der Waals surface area contributed by atoms with E-state index < -0.39 is 35.7 Å². The number of aromatic nitrogens is 1. The maximum atomic E-state index is 13.3. The van der Waals surface area contributed by atoms with Gasteiger partial charge in [-0.2, -0.15) is 0 Å². The number of aromatic hydroxyl groups is 1. The number of amides is 2. The molecule has 3 aromatic rings. The van der Waals surface area contributed by atoms with Crippen molar-refractivity contribution in [2.45, 2.75) is 0 Å². The molecule has 0 atom stereocenters. The molecule has 6 nitrogen and oxygen atoms in total. The van der Waals surface area contributed by atoms with Gasteiger partial charge in [0, 0.05) is 10.9 Å². The molecule has 1 heterocycles. The summed E-state index contributed by atoms with van der Waals surface area (Å²) in [5, 5.41) is 14.7. The molecule has 0 saturated heterocycles. The van der Waals surface area contributed by atoms with Crippen molar-refractivity contribution >= 4 is 28.4 Å². The number of nitrogens with one attached hydrogen (secondary N) is 2. The van der Waals surface area contributed by atoms with Gasteiger partial charge in [-0.15, -0.1) is 0 Å². The van der Waals surface area contributed by atoms with Gasteiger partial charge >= 0.3 is 0 Å². The maximum Gasteiger partial charge on any atom is 0.251 e. The van der Waals surface area contributed by atoms with Gasteiger partial charge < -0.3 is 15.7 Å². The molecule has 0 aliphatic heterocycles. The number of anilines is 1. The molecule has 0 fully saturated rings. The van der Waals surface area contributed by atoms with Crippen LogP contribution in [0.15, 0.2) is 48.7 Å². The Labute approximate surface area is 146 Å². The van der Waals surface area contributed by atoms with Crippen molar-refractivity contribution < 1.29 is 23.5 Å². The van der Waals surface area contributed by atoms with Crippen LogP contribution < -0.4 is 10.6 Å². The van der Waals surface area contributed by atoms with Crippen LogP contribution in [0.5, 0.6) is 5.75 Å². The topological polar surface area (TPSA) is 91.3 Å². The molecular formula is C18H13F2N3O3. The number of nitrogens with zero attached hydrogens (tertiary/aromatic N) is 1. The Balaban J connectivity index is 1.62. The Kier molecular flexibility index (Phi) is 4.74. The number of para-hydroxylation sites is 1. The first-order valence-corrected chi connectivity index (χ1v) is 7.55. The van der Waals surface area contributed by atoms with E-state index in [-0.39, 0.29) is 5.56 Å². The fourth-order valence-corrected chi connectivity index (χ4v) is 2.30. The van der Waals surface area contributed by atoms with Crippen molar-refractivity contribution in [2.75, 3.05) is 11.9 Å². The Morgan fingerprint density at radius 3 is 2.50 bits per heavy atom. The van der Waals surface area contributed by atoms with Gasteiger partial charge in [0.15, 0.2) is 17.4 Å². The van der Waals surface area contributed by atoms with Crippen LogP contribution in [0.1, 0.15) is 10.4 Å². The van der Waals surface area contributed by atoms with E-state index in [1.165, 1.54) is 6.20 Å². The summed E-state index contributed by atoms with van der Waals surface area (Å²) in [5.74, 6) is -5.07. The van der Waals surface area contributed by atoms with Gasteiger partial charge in [-0.25, -0.2) is 8.78 Å². The zero-order valence-corrected chi connectivity index (χ0v) is 13.3. The van der Waals surface area contributed by atoms with Gasteiger partial charge in [0.1, 0.15) is 0 Å². The zero-order valence-electron chi connectivity index (χ0n) is 13.3. The summed E-state index contributed by atoms with van der Waals surface area (Å²) in [6.07, 6.45) is 1.48. The average Bonchev–Trinajstić information content (AvgIpc) is 2.63. The molecule has 3 N–H and O–H groups in total. The first kappa shape index (κ1) is 17.3. The number of halogens is 2.